The predicted molar refractivity (Wildman–Crippen MR) is 67.2 cm³/mol. The summed E-state index contributed by atoms with van der Waals surface area (Å²) in [7, 11) is 0. The van der Waals surface area contributed by atoms with Crippen LogP contribution in [-0.4, -0.2) is 28.7 Å². The van der Waals surface area contributed by atoms with Gasteiger partial charge in [0.25, 0.3) is 0 Å². The third-order valence-corrected chi connectivity index (χ3v) is 3.81. The van der Waals surface area contributed by atoms with Crippen molar-refractivity contribution in [3.63, 3.8) is 0 Å². The Hall–Kier alpha value is 0.160. The normalized spacial score (nSPS) is 30.9. The maximum absolute atomic E-state index is 11.5. The van der Waals surface area contributed by atoms with E-state index >= 15 is 0 Å². The second-order valence-corrected chi connectivity index (χ2v) is 5.76. The van der Waals surface area contributed by atoms with Gasteiger partial charge in [-0.1, -0.05) is 22.6 Å². The Kier molecular flexibility index (Phi) is 5.32. The second kappa shape index (κ2) is 6.03. The largest absolute Gasteiger partial charge is 0.466 e. The molecule has 15 heavy (non-hydrogen) atoms. The van der Waals surface area contributed by atoms with E-state index in [0.29, 0.717) is 10.5 Å². The van der Waals surface area contributed by atoms with Gasteiger partial charge in [0, 0.05) is 3.92 Å². The molecule has 0 aliphatic heterocycles. The number of carbonyl (C=O) groups excluding carboxylic acids is 1. The summed E-state index contributed by atoms with van der Waals surface area (Å²) in [6.45, 7) is 6.37. The number of hydrogen-bond donors (Lipinski definition) is 0. The van der Waals surface area contributed by atoms with Crippen LogP contribution >= 0.6 is 22.6 Å². The Morgan fingerprint density at radius 1 is 1.47 bits per heavy atom. The molecule has 88 valence electrons. The number of alkyl halides is 1. The Bertz CT molecular complexity index is 218. The Morgan fingerprint density at radius 2 is 2.13 bits per heavy atom. The molecule has 0 bridgehead atoms. The van der Waals surface area contributed by atoms with E-state index < -0.39 is 0 Å². The minimum absolute atomic E-state index is 0.0376. The van der Waals surface area contributed by atoms with E-state index in [-0.39, 0.29) is 24.1 Å². The van der Waals surface area contributed by atoms with Crippen molar-refractivity contribution in [1.29, 1.82) is 0 Å². The third kappa shape index (κ3) is 3.90. The summed E-state index contributed by atoms with van der Waals surface area (Å²) in [4.78, 5) is 11.5. The molecule has 3 unspecified atom stereocenters. The van der Waals surface area contributed by atoms with Crippen LogP contribution in [0.5, 0.6) is 0 Å². The zero-order chi connectivity index (χ0) is 11.4. The van der Waals surface area contributed by atoms with Crippen LogP contribution in [0, 0.1) is 5.92 Å². The zero-order valence-corrected chi connectivity index (χ0v) is 11.7. The first kappa shape index (κ1) is 13.2. The fraction of sp³-hybridized carbons (Fsp3) is 0.909. The summed E-state index contributed by atoms with van der Waals surface area (Å²) < 4.78 is 11.2. The van der Waals surface area contributed by atoms with E-state index in [1.807, 2.05) is 20.8 Å². The van der Waals surface area contributed by atoms with Gasteiger partial charge in [-0.3, -0.25) is 4.79 Å². The second-order valence-electron chi connectivity index (χ2n) is 4.16. The summed E-state index contributed by atoms with van der Waals surface area (Å²) in [5.74, 6) is -0.0235. The van der Waals surface area contributed by atoms with Crippen molar-refractivity contribution in [2.75, 3.05) is 6.61 Å². The van der Waals surface area contributed by atoms with Crippen LogP contribution in [0.2, 0.25) is 0 Å². The van der Waals surface area contributed by atoms with E-state index in [4.69, 9.17) is 9.47 Å². The van der Waals surface area contributed by atoms with E-state index in [2.05, 4.69) is 22.6 Å². The number of hydrogen-bond acceptors (Lipinski definition) is 3. The summed E-state index contributed by atoms with van der Waals surface area (Å²) in [6.07, 6.45) is 2.13. The van der Waals surface area contributed by atoms with E-state index in [1.165, 1.54) is 0 Å². The van der Waals surface area contributed by atoms with Gasteiger partial charge in [0.1, 0.15) is 0 Å². The van der Waals surface area contributed by atoms with Crippen molar-refractivity contribution in [2.45, 2.75) is 49.7 Å². The minimum atomic E-state index is -0.0611. The smallest absolute Gasteiger partial charge is 0.309 e. The lowest BCUT2D eigenvalue weighted by Crippen LogP contribution is -2.22. The van der Waals surface area contributed by atoms with Crippen LogP contribution in [0.15, 0.2) is 0 Å². The van der Waals surface area contributed by atoms with Crippen LogP contribution in [-0.2, 0) is 14.3 Å². The molecule has 0 N–H and O–H groups in total. The first-order valence-corrected chi connectivity index (χ1v) is 6.75. The molecule has 3 atom stereocenters. The molecular weight excluding hydrogens is 307 g/mol. The molecule has 1 aliphatic carbocycles. The standard InChI is InChI=1S/C11H19IO3/c1-4-14-11(13)8-5-9(12)10(6-8)15-7(2)3/h7-10H,4-6H2,1-3H3. The van der Waals surface area contributed by atoms with Gasteiger partial charge in [0.05, 0.1) is 24.7 Å². The van der Waals surface area contributed by atoms with Gasteiger partial charge in [-0.2, -0.15) is 0 Å². The highest BCUT2D eigenvalue weighted by atomic mass is 127. The van der Waals surface area contributed by atoms with Crippen molar-refractivity contribution in [2.24, 2.45) is 5.92 Å². The first-order chi connectivity index (χ1) is 7.04. The van der Waals surface area contributed by atoms with Gasteiger partial charge in [0.2, 0.25) is 0 Å². The van der Waals surface area contributed by atoms with Crippen molar-refractivity contribution in [3.05, 3.63) is 0 Å². The summed E-state index contributed by atoms with van der Waals surface area (Å²) >= 11 is 2.37. The summed E-state index contributed by atoms with van der Waals surface area (Å²) in [6, 6.07) is 0. The van der Waals surface area contributed by atoms with Crippen LogP contribution in [0.1, 0.15) is 33.6 Å². The van der Waals surface area contributed by atoms with Gasteiger partial charge in [0.15, 0.2) is 0 Å². The van der Waals surface area contributed by atoms with Crippen LogP contribution in [0.4, 0.5) is 0 Å². The highest BCUT2D eigenvalue weighted by Crippen LogP contribution is 2.34. The molecule has 0 aromatic carbocycles. The molecule has 0 heterocycles. The maximum atomic E-state index is 11.5. The summed E-state index contributed by atoms with van der Waals surface area (Å²) in [5.41, 5.74) is 0. The van der Waals surface area contributed by atoms with E-state index in [0.717, 1.165) is 12.8 Å². The molecule has 0 aromatic heterocycles. The molecule has 1 rings (SSSR count). The first-order valence-electron chi connectivity index (χ1n) is 5.50. The van der Waals surface area contributed by atoms with Crippen molar-refractivity contribution in [1.82, 2.24) is 0 Å². The van der Waals surface area contributed by atoms with Gasteiger partial charge in [-0.25, -0.2) is 0 Å². The lowest BCUT2D eigenvalue weighted by molar-refractivity contribution is -0.148. The number of carbonyl (C=O) groups is 1. The van der Waals surface area contributed by atoms with Crippen LogP contribution in [0.3, 0.4) is 0 Å². The average molecular weight is 326 g/mol. The maximum Gasteiger partial charge on any atom is 0.309 e. The molecule has 0 saturated heterocycles. The molecule has 1 saturated carbocycles. The highest BCUT2D eigenvalue weighted by Gasteiger charge is 2.38. The fourth-order valence-corrected chi connectivity index (χ4v) is 2.97. The minimum Gasteiger partial charge on any atom is -0.466 e. The SMILES string of the molecule is CCOC(=O)C1CC(I)C(OC(C)C)C1. The number of ether oxygens (including phenoxy) is 2. The molecule has 0 aromatic rings. The number of rotatable bonds is 4. The lowest BCUT2D eigenvalue weighted by Gasteiger charge is -2.17. The molecule has 0 amide bonds. The lowest BCUT2D eigenvalue weighted by atomic mass is 10.1. The van der Waals surface area contributed by atoms with Crippen LogP contribution in [0.25, 0.3) is 0 Å². The van der Waals surface area contributed by atoms with Crippen LogP contribution < -0.4 is 0 Å². The van der Waals surface area contributed by atoms with Gasteiger partial charge in [-0.05, 0) is 33.6 Å². The van der Waals surface area contributed by atoms with E-state index in [1.54, 1.807) is 0 Å². The molecule has 0 spiro atoms. The Balaban J connectivity index is 2.44. The molecule has 3 nitrogen and oxygen atoms in total. The van der Waals surface area contributed by atoms with Gasteiger partial charge < -0.3 is 9.47 Å². The molecule has 0 radical (unpaired) electrons. The topological polar surface area (TPSA) is 35.5 Å². The Labute approximate surface area is 105 Å². The average Bonchev–Trinajstić information content (AvgIpc) is 2.47. The van der Waals surface area contributed by atoms with Crippen molar-refractivity contribution < 1.29 is 14.3 Å². The molecule has 1 aliphatic rings. The fourth-order valence-electron chi connectivity index (χ4n) is 1.89. The molecular formula is C11H19IO3. The van der Waals surface area contributed by atoms with Crippen molar-refractivity contribution >= 4 is 28.6 Å². The molecule has 1 fully saturated rings. The monoisotopic (exact) mass is 326 g/mol. The quantitative estimate of drug-likeness (QED) is 0.452. The zero-order valence-electron chi connectivity index (χ0n) is 9.53. The Morgan fingerprint density at radius 3 is 2.67 bits per heavy atom. The molecule has 4 heteroatoms. The van der Waals surface area contributed by atoms with E-state index in [9.17, 15) is 4.79 Å². The predicted octanol–water partition coefficient (Wildman–Crippen LogP) is 2.56. The van der Waals surface area contributed by atoms with Gasteiger partial charge in [-0.15, -0.1) is 0 Å². The van der Waals surface area contributed by atoms with Gasteiger partial charge >= 0.3 is 5.97 Å². The number of halogens is 1. The summed E-state index contributed by atoms with van der Waals surface area (Å²) in [5, 5.41) is 0. The highest BCUT2D eigenvalue weighted by molar-refractivity contribution is 14.1. The van der Waals surface area contributed by atoms with Crippen molar-refractivity contribution in [3.8, 4) is 0 Å². The third-order valence-electron chi connectivity index (χ3n) is 2.50. The number of esters is 1.